The van der Waals surface area contributed by atoms with Crippen molar-refractivity contribution in [2.75, 3.05) is 24.6 Å². The molecule has 6 nitrogen and oxygen atoms in total. The molecule has 0 aromatic carbocycles. The van der Waals surface area contributed by atoms with Gasteiger partial charge < -0.3 is 14.7 Å². The third-order valence-electron chi connectivity index (χ3n) is 3.58. The summed E-state index contributed by atoms with van der Waals surface area (Å²) in [7, 11) is 0. The second-order valence-electron chi connectivity index (χ2n) is 4.96. The number of rotatable bonds is 4. The Labute approximate surface area is 118 Å². The van der Waals surface area contributed by atoms with Crippen LogP contribution in [-0.2, 0) is 17.6 Å². The zero-order valence-electron chi connectivity index (χ0n) is 12.2. The SMILES string of the molecule is CCc1nnc(N2CCOC(C)C2)c(C(=O)O)c1CC. The minimum Gasteiger partial charge on any atom is -0.478 e. The molecule has 0 amide bonds. The standard InChI is InChI=1S/C14H21N3O3/c1-4-10-11(5-2)15-16-13(12(10)14(18)19)17-6-7-20-9(3)8-17/h9H,4-8H2,1-3H3,(H,18,19). The fraction of sp³-hybridized carbons (Fsp3) is 0.643. The third kappa shape index (κ3) is 2.75. The van der Waals surface area contributed by atoms with Crippen molar-refractivity contribution in [3.8, 4) is 0 Å². The second-order valence-corrected chi connectivity index (χ2v) is 4.96. The predicted molar refractivity (Wildman–Crippen MR) is 75.4 cm³/mol. The van der Waals surface area contributed by atoms with E-state index >= 15 is 0 Å². The molecule has 1 N–H and O–H groups in total. The van der Waals surface area contributed by atoms with Gasteiger partial charge in [-0.1, -0.05) is 13.8 Å². The van der Waals surface area contributed by atoms with Gasteiger partial charge >= 0.3 is 5.97 Å². The van der Waals surface area contributed by atoms with E-state index in [1.807, 2.05) is 25.7 Å². The Morgan fingerprint density at radius 2 is 2.15 bits per heavy atom. The maximum atomic E-state index is 11.7. The van der Waals surface area contributed by atoms with Crippen LogP contribution in [0.3, 0.4) is 0 Å². The van der Waals surface area contributed by atoms with E-state index in [9.17, 15) is 9.90 Å². The summed E-state index contributed by atoms with van der Waals surface area (Å²) in [6, 6.07) is 0. The van der Waals surface area contributed by atoms with E-state index in [0.29, 0.717) is 43.9 Å². The van der Waals surface area contributed by atoms with Crippen molar-refractivity contribution >= 4 is 11.8 Å². The maximum absolute atomic E-state index is 11.7. The number of anilines is 1. The van der Waals surface area contributed by atoms with Crippen molar-refractivity contribution in [2.45, 2.75) is 39.7 Å². The van der Waals surface area contributed by atoms with Gasteiger partial charge in [0.2, 0.25) is 0 Å². The summed E-state index contributed by atoms with van der Waals surface area (Å²) in [6.45, 7) is 7.76. The van der Waals surface area contributed by atoms with Gasteiger partial charge in [-0.05, 0) is 25.3 Å². The number of carboxylic acids is 1. The fourth-order valence-electron chi connectivity index (χ4n) is 2.62. The number of carbonyl (C=O) groups is 1. The molecule has 2 rings (SSSR count). The quantitative estimate of drug-likeness (QED) is 0.900. The molecule has 1 atom stereocenters. The molecule has 1 saturated heterocycles. The number of aryl methyl sites for hydroxylation is 1. The summed E-state index contributed by atoms with van der Waals surface area (Å²) < 4.78 is 5.49. The monoisotopic (exact) mass is 279 g/mol. The molecular weight excluding hydrogens is 258 g/mol. The molecule has 1 aromatic rings. The molecule has 2 heterocycles. The zero-order chi connectivity index (χ0) is 14.7. The largest absolute Gasteiger partial charge is 0.478 e. The van der Waals surface area contributed by atoms with E-state index < -0.39 is 5.97 Å². The summed E-state index contributed by atoms with van der Waals surface area (Å²) in [5, 5.41) is 18.0. The van der Waals surface area contributed by atoms with Crippen LogP contribution in [0.5, 0.6) is 0 Å². The van der Waals surface area contributed by atoms with Gasteiger partial charge in [0.15, 0.2) is 5.82 Å². The Balaban J connectivity index is 2.49. The van der Waals surface area contributed by atoms with Gasteiger partial charge in [0.05, 0.1) is 18.4 Å². The highest BCUT2D eigenvalue weighted by Gasteiger charge is 2.27. The normalized spacial score (nSPS) is 19.1. The van der Waals surface area contributed by atoms with Crippen LogP contribution in [0.2, 0.25) is 0 Å². The highest BCUT2D eigenvalue weighted by molar-refractivity contribution is 5.95. The van der Waals surface area contributed by atoms with E-state index in [2.05, 4.69) is 10.2 Å². The minimum atomic E-state index is -0.930. The van der Waals surface area contributed by atoms with Gasteiger partial charge in [0, 0.05) is 13.1 Å². The number of morpholine rings is 1. The third-order valence-corrected chi connectivity index (χ3v) is 3.58. The first-order valence-electron chi connectivity index (χ1n) is 7.06. The summed E-state index contributed by atoms with van der Waals surface area (Å²) in [5.74, 6) is -0.456. The number of hydrogen-bond acceptors (Lipinski definition) is 5. The first-order chi connectivity index (χ1) is 9.58. The van der Waals surface area contributed by atoms with E-state index in [4.69, 9.17) is 4.74 Å². The molecule has 1 fully saturated rings. The van der Waals surface area contributed by atoms with E-state index in [1.165, 1.54) is 0 Å². The molecule has 20 heavy (non-hydrogen) atoms. The van der Waals surface area contributed by atoms with Gasteiger partial charge in [-0.3, -0.25) is 0 Å². The first-order valence-corrected chi connectivity index (χ1v) is 7.06. The van der Waals surface area contributed by atoms with Crippen molar-refractivity contribution in [3.05, 3.63) is 16.8 Å². The van der Waals surface area contributed by atoms with Gasteiger partial charge in [-0.25, -0.2) is 4.79 Å². The van der Waals surface area contributed by atoms with Crippen LogP contribution in [0.4, 0.5) is 5.82 Å². The summed E-state index contributed by atoms with van der Waals surface area (Å²) in [5.41, 5.74) is 1.87. The molecule has 0 bridgehead atoms. The van der Waals surface area contributed by atoms with Crippen molar-refractivity contribution in [1.82, 2.24) is 10.2 Å². The van der Waals surface area contributed by atoms with Crippen molar-refractivity contribution in [1.29, 1.82) is 0 Å². The lowest BCUT2D eigenvalue weighted by molar-refractivity contribution is 0.0523. The molecule has 1 aliphatic rings. The van der Waals surface area contributed by atoms with E-state index in [0.717, 1.165) is 11.3 Å². The van der Waals surface area contributed by atoms with Crippen LogP contribution in [0.15, 0.2) is 0 Å². The average Bonchev–Trinajstić information content (AvgIpc) is 2.45. The zero-order valence-corrected chi connectivity index (χ0v) is 12.2. The molecule has 0 aliphatic carbocycles. The number of aromatic carboxylic acids is 1. The molecule has 0 radical (unpaired) electrons. The lowest BCUT2D eigenvalue weighted by Gasteiger charge is -2.32. The molecular formula is C14H21N3O3. The van der Waals surface area contributed by atoms with Gasteiger partial charge in [0.1, 0.15) is 5.56 Å². The predicted octanol–water partition coefficient (Wildman–Crippen LogP) is 1.52. The molecule has 6 heteroatoms. The van der Waals surface area contributed by atoms with Crippen LogP contribution in [-0.4, -0.2) is 47.1 Å². The Bertz CT molecular complexity index is 505. The fourth-order valence-corrected chi connectivity index (χ4v) is 2.62. The number of nitrogens with zero attached hydrogens (tertiary/aromatic N) is 3. The van der Waals surface area contributed by atoms with Crippen molar-refractivity contribution in [3.63, 3.8) is 0 Å². The molecule has 1 aliphatic heterocycles. The molecule has 0 saturated carbocycles. The Morgan fingerprint density at radius 3 is 2.70 bits per heavy atom. The number of aromatic nitrogens is 2. The molecule has 110 valence electrons. The van der Waals surface area contributed by atoms with Crippen LogP contribution >= 0.6 is 0 Å². The summed E-state index contributed by atoms with van der Waals surface area (Å²) in [6.07, 6.45) is 1.41. The Morgan fingerprint density at radius 1 is 1.40 bits per heavy atom. The number of ether oxygens (including phenoxy) is 1. The summed E-state index contributed by atoms with van der Waals surface area (Å²) in [4.78, 5) is 13.6. The minimum absolute atomic E-state index is 0.0723. The van der Waals surface area contributed by atoms with Crippen LogP contribution in [0.25, 0.3) is 0 Å². The van der Waals surface area contributed by atoms with E-state index in [-0.39, 0.29) is 6.10 Å². The molecule has 1 aromatic heterocycles. The van der Waals surface area contributed by atoms with Crippen molar-refractivity contribution < 1.29 is 14.6 Å². The number of hydrogen-bond donors (Lipinski definition) is 1. The van der Waals surface area contributed by atoms with Crippen LogP contribution in [0.1, 0.15) is 42.4 Å². The second kappa shape index (κ2) is 6.17. The summed E-state index contributed by atoms with van der Waals surface area (Å²) >= 11 is 0. The topological polar surface area (TPSA) is 75.5 Å². The Hall–Kier alpha value is -1.69. The lowest BCUT2D eigenvalue weighted by Crippen LogP contribution is -2.42. The van der Waals surface area contributed by atoms with Gasteiger partial charge in [-0.2, -0.15) is 5.10 Å². The number of carboxylic acid groups (broad SMARTS) is 1. The molecule has 0 spiro atoms. The highest BCUT2D eigenvalue weighted by atomic mass is 16.5. The van der Waals surface area contributed by atoms with Crippen molar-refractivity contribution in [2.24, 2.45) is 0 Å². The Kier molecular flexibility index (Phi) is 4.54. The average molecular weight is 279 g/mol. The smallest absolute Gasteiger partial charge is 0.339 e. The first kappa shape index (κ1) is 14.7. The maximum Gasteiger partial charge on any atom is 0.339 e. The van der Waals surface area contributed by atoms with Gasteiger partial charge in [0.25, 0.3) is 0 Å². The van der Waals surface area contributed by atoms with Gasteiger partial charge in [-0.15, -0.1) is 5.10 Å². The van der Waals surface area contributed by atoms with Crippen LogP contribution < -0.4 is 4.90 Å². The molecule has 1 unspecified atom stereocenters. The highest BCUT2D eigenvalue weighted by Crippen LogP contribution is 2.25. The lowest BCUT2D eigenvalue weighted by atomic mass is 10.0. The van der Waals surface area contributed by atoms with Crippen LogP contribution in [0, 0.1) is 0 Å². The van der Waals surface area contributed by atoms with E-state index in [1.54, 1.807) is 0 Å².